The van der Waals surface area contributed by atoms with Crippen LogP contribution in [-0.2, 0) is 23.3 Å². The van der Waals surface area contributed by atoms with E-state index in [2.05, 4.69) is 15.5 Å². The number of carbonyl (C=O) groups is 1. The Kier molecular flexibility index (Phi) is 5.55. The molecule has 1 aromatic heterocycles. The van der Waals surface area contributed by atoms with Gasteiger partial charge in [-0.15, -0.1) is 10.2 Å². The zero-order valence-electron chi connectivity index (χ0n) is 14.7. The zero-order valence-corrected chi connectivity index (χ0v) is 15.5. The molecule has 1 saturated heterocycles. The number of hydrogen-bond donors (Lipinski definition) is 1. The van der Waals surface area contributed by atoms with Gasteiger partial charge in [0.1, 0.15) is 6.33 Å². The molecule has 3 rings (SSSR count). The number of rotatable bonds is 5. The first-order chi connectivity index (χ1) is 12.5. The summed E-state index contributed by atoms with van der Waals surface area (Å²) in [7, 11) is -1.91. The average Bonchev–Trinajstić information content (AvgIpc) is 3.09. The van der Waals surface area contributed by atoms with Gasteiger partial charge in [0.15, 0.2) is 0 Å². The summed E-state index contributed by atoms with van der Waals surface area (Å²) in [5.74, 6) is 0. The van der Waals surface area contributed by atoms with Crippen molar-refractivity contribution >= 4 is 15.9 Å². The number of likely N-dealkylation sites (tertiary alicyclic amines) is 1. The van der Waals surface area contributed by atoms with Gasteiger partial charge in [-0.1, -0.05) is 30.3 Å². The molecule has 0 saturated carbocycles. The Morgan fingerprint density at radius 3 is 2.54 bits per heavy atom. The number of sulfone groups is 1. The fourth-order valence-corrected chi connectivity index (χ4v) is 4.86. The smallest absolute Gasteiger partial charge is 0.317 e. The number of nitrogens with zero attached hydrogens (tertiary/aromatic N) is 4. The lowest BCUT2D eigenvalue weighted by Crippen LogP contribution is -2.47. The van der Waals surface area contributed by atoms with E-state index in [9.17, 15) is 13.2 Å². The van der Waals surface area contributed by atoms with Crippen molar-refractivity contribution in [3.05, 3.63) is 42.2 Å². The third-order valence-electron chi connectivity index (χ3n) is 4.63. The topological polar surface area (TPSA) is 97.2 Å². The molecule has 2 amide bonds. The predicted octanol–water partition coefficient (Wildman–Crippen LogP) is 1.01. The van der Waals surface area contributed by atoms with Gasteiger partial charge in [0.2, 0.25) is 15.0 Å². The minimum Gasteiger partial charge on any atom is -0.338 e. The molecule has 9 heteroatoms. The molecule has 0 spiro atoms. The second kappa shape index (κ2) is 7.86. The van der Waals surface area contributed by atoms with Crippen LogP contribution in [0.5, 0.6) is 0 Å². The van der Waals surface area contributed by atoms with E-state index in [4.69, 9.17) is 0 Å². The minimum absolute atomic E-state index is 0.0109. The van der Waals surface area contributed by atoms with Crippen molar-refractivity contribution in [1.82, 2.24) is 25.0 Å². The van der Waals surface area contributed by atoms with Crippen LogP contribution in [0.15, 0.2) is 41.8 Å². The van der Waals surface area contributed by atoms with Crippen molar-refractivity contribution in [3.63, 3.8) is 0 Å². The van der Waals surface area contributed by atoms with E-state index in [0.717, 1.165) is 6.42 Å². The van der Waals surface area contributed by atoms with Crippen LogP contribution < -0.4 is 5.32 Å². The Hall–Kier alpha value is -2.42. The summed E-state index contributed by atoms with van der Waals surface area (Å²) in [5, 5.41) is 9.72. The van der Waals surface area contributed by atoms with E-state index in [-0.39, 0.29) is 11.2 Å². The van der Waals surface area contributed by atoms with Crippen LogP contribution in [0.3, 0.4) is 0 Å². The summed E-state index contributed by atoms with van der Waals surface area (Å²) in [6.07, 6.45) is 2.95. The fraction of sp³-hybridized carbons (Fsp3) is 0.471. The average molecular weight is 377 g/mol. The fourth-order valence-electron chi connectivity index (χ4n) is 3.12. The van der Waals surface area contributed by atoms with Crippen LogP contribution in [0.4, 0.5) is 4.79 Å². The van der Waals surface area contributed by atoms with Gasteiger partial charge in [-0.25, -0.2) is 13.2 Å². The molecule has 2 heterocycles. The molecule has 26 heavy (non-hydrogen) atoms. The Labute approximate surface area is 153 Å². The monoisotopic (exact) mass is 377 g/mol. The molecule has 1 N–H and O–H groups in total. The van der Waals surface area contributed by atoms with Crippen LogP contribution in [-0.4, -0.2) is 59.0 Å². The van der Waals surface area contributed by atoms with Gasteiger partial charge in [-0.3, -0.25) is 0 Å². The van der Waals surface area contributed by atoms with Crippen LogP contribution >= 0.6 is 0 Å². The molecule has 2 aromatic rings. The highest BCUT2D eigenvalue weighted by molar-refractivity contribution is 7.91. The Morgan fingerprint density at radius 1 is 1.23 bits per heavy atom. The van der Waals surface area contributed by atoms with Crippen molar-refractivity contribution in [2.24, 2.45) is 7.05 Å². The lowest BCUT2D eigenvalue weighted by molar-refractivity contribution is 0.187. The maximum absolute atomic E-state index is 12.6. The Balaban J connectivity index is 1.49. The number of amides is 2. The number of aryl methyl sites for hydroxylation is 1. The predicted molar refractivity (Wildman–Crippen MR) is 96.3 cm³/mol. The zero-order chi connectivity index (χ0) is 18.6. The van der Waals surface area contributed by atoms with Crippen LogP contribution in [0.1, 0.15) is 18.4 Å². The summed E-state index contributed by atoms with van der Waals surface area (Å²) in [6.45, 7) is 1.39. The van der Waals surface area contributed by atoms with E-state index >= 15 is 0 Å². The van der Waals surface area contributed by atoms with Gasteiger partial charge in [0.25, 0.3) is 0 Å². The number of piperidine rings is 1. The van der Waals surface area contributed by atoms with E-state index < -0.39 is 15.1 Å². The molecule has 0 atom stereocenters. The highest BCUT2D eigenvalue weighted by atomic mass is 32.2. The molecule has 0 unspecified atom stereocenters. The summed E-state index contributed by atoms with van der Waals surface area (Å²) in [6, 6.07) is 9.81. The van der Waals surface area contributed by atoms with Crippen LogP contribution in [0, 0.1) is 0 Å². The van der Waals surface area contributed by atoms with E-state index in [1.54, 1.807) is 11.9 Å². The molecule has 1 fully saturated rings. The molecule has 8 nitrogen and oxygen atoms in total. The van der Waals surface area contributed by atoms with Gasteiger partial charge >= 0.3 is 6.03 Å². The number of hydrogen-bond acceptors (Lipinski definition) is 5. The molecule has 1 aromatic carbocycles. The first-order valence-corrected chi connectivity index (χ1v) is 10.2. The quantitative estimate of drug-likeness (QED) is 0.839. The summed E-state index contributed by atoms with van der Waals surface area (Å²) < 4.78 is 26.7. The molecule has 0 radical (unpaired) electrons. The molecule has 0 bridgehead atoms. The van der Waals surface area contributed by atoms with Gasteiger partial charge in [0.05, 0.1) is 5.25 Å². The maximum Gasteiger partial charge on any atom is 0.317 e. The standard InChI is InChI=1S/C17H23N5O3S/c1-21-13-19-20-17(21)26(24,25)15-8-11-22(12-9-15)16(23)18-10-7-14-5-3-2-4-6-14/h2-6,13,15H,7-12H2,1H3,(H,18,23). The Morgan fingerprint density at radius 2 is 1.92 bits per heavy atom. The molecule has 0 aliphatic carbocycles. The Bertz CT molecular complexity index is 842. The van der Waals surface area contributed by atoms with Gasteiger partial charge < -0.3 is 14.8 Å². The van der Waals surface area contributed by atoms with Crippen LogP contribution in [0.2, 0.25) is 0 Å². The second-order valence-corrected chi connectivity index (χ2v) is 8.55. The highest BCUT2D eigenvalue weighted by Gasteiger charge is 2.35. The first kappa shape index (κ1) is 18.4. The van der Waals surface area contributed by atoms with Crippen molar-refractivity contribution in [1.29, 1.82) is 0 Å². The number of aromatic nitrogens is 3. The third kappa shape index (κ3) is 4.04. The van der Waals surface area contributed by atoms with Gasteiger partial charge in [-0.2, -0.15) is 0 Å². The molecule has 1 aliphatic rings. The first-order valence-electron chi connectivity index (χ1n) is 8.63. The van der Waals surface area contributed by atoms with Crippen molar-refractivity contribution in [3.8, 4) is 0 Å². The van der Waals surface area contributed by atoms with E-state index in [1.807, 2.05) is 30.3 Å². The van der Waals surface area contributed by atoms with Crippen LogP contribution in [0.25, 0.3) is 0 Å². The lowest BCUT2D eigenvalue weighted by atomic mass is 10.1. The summed E-state index contributed by atoms with van der Waals surface area (Å²) in [4.78, 5) is 13.9. The number of benzene rings is 1. The molecule has 140 valence electrons. The van der Waals surface area contributed by atoms with Gasteiger partial charge in [0, 0.05) is 26.7 Å². The SMILES string of the molecule is Cn1cnnc1S(=O)(=O)C1CCN(C(=O)NCCc2ccccc2)CC1. The number of carbonyl (C=O) groups excluding carboxylic acids is 1. The molecular weight excluding hydrogens is 354 g/mol. The number of urea groups is 1. The second-order valence-electron chi connectivity index (χ2n) is 6.42. The largest absolute Gasteiger partial charge is 0.338 e. The normalized spacial score (nSPS) is 15.8. The van der Waals surface area contributed by atoms with Gasteiger partial charge in [-0.05, 0) is 24.8 Å². The molecular formula is C17H23N5O3S. The minimum atomic E-state index is -3.52. The van der Waals surface area contributed by atoms with Crippen molar-refractivity contribution in [2.75, 3.05) is 19.6 Å². The summed E-state index contributed by atoms with van der Waals surface area (Å²) in [5.41, 5.74) is 1.17. The lowest BCUT2D eigenvalue weighted by Gasteiger charge is -2.31. The maximum atomic E-state index is 12.6. The van der Waals surface area contributed by atoms with E-state index in [0.29, 0.717) is 32.5 Å². The van der Waals surface area contributed by atoms with E-state index in [1.165, 1.54) is 16.5 Å². The third-order valence-corrected chi connectivity index (χ3v) is 6.85. The molecule has 1 aliphatic heterocycles. The highest BCUT2D eigenvalue weighted by Crippen LogP contribution is 2.23. The van der Waals surface area contributed by atoms with Crippen molar-refractivity contribution in [2.45, 2.75) is 29.7 Å². The number of nitrogens with one attached hydrogen (secondary N) is 1. The summed E-state index contributed by atoms with van der Waals surface area (Å²) >= 11 is 0. The van der Waals surface area contributed by atoms with Crippen molar-refractivity contribution < 1.29 is 13.2 Å².